The molecule has 0 aliphatic heterocycles. The van der Waals surface area contributed by atoms with E-state index in [2.05, 4.69) is 53.1 Å². The summed E-state index contributed by atoms with van der Waals surface area (Å²) in [4.78, 5) is 5.02. The van der Waals surface area contributed by atoms with Crippen LogP contribution in [0.25, 0.3) is 66.2 Å². The van der Waals surface area contributed by atoms with Crippen molar-refractivity contribution in [1.29, 1.82) is 10.5 Å². The molecule has 0 unspecified atom stereocenters. The Morgan fingerprint density at radius 2 is 0.905 bits per heavy atom. The molecule has 5 nitrogen and oxygen atoms in total. The van der Waals surface area contributed by atoms with Gasteiger partial charge in [-0.05, 0) is 29.8 Å². The van der Waals surface area contributed by atoms with Gasteiger partial charge >= 0.3 is 0 Å². The zero-order valence-electron chi connectivity index (χ0n) is 22.4. The van der Waals surface area contributed by atoms with Crippen molar-refractivity contribution in [1.82, 2.24) is 14.1 Å². The topological polar surface area (TPSA) is 70.3 Å². The lowest BCUT2D eigenvalue weighted by atomic mass is 9.97. The standard InChI is InChI=1S/C37H21N5/c38-22-29-35(24-12-2-1-3-13-24)36(41-31-18-8-4-14-25(31)26-15-5-9-19-32(26)41)30(23-39)40-37(29)42-33-20-10-6-16-27(33)28-17-7-11-21-34(28)42/h1-21H. The molecule has 0 aliphatic carbocycles. The largest absolute Gasteiger partial charge is 0.306 e. The Labute approximate surface area is 241 Å². The number of benzene rings is 5. The number of para-hydroxylation sites is 4. The van der Waals surface area contributed by atoms with Crippen molar-refractivity contribution in [3.63, 3.8) is 0 Å². The Kier molecular flexibility index (Phi) is 5.19. The molecule has 8 aromatic rings. The molecule has 0 radical (unpaired) electrons. The van der Waals surface area contributed by atoms with Crippen molar-refractivity contribution in [3.8, 4) is 34.8 Å². The zero-order chi connectivity index (χ0) is 28.2. The van der Waals surface area contributed by atoms with Crippen LogP contribution in [0.1, 0.15) is 11.3 Å². The summed E-state index contributed by atoms with van der Waals surface area (Å²) in [6.45, 7) is 0. The number of rotatable bonds is 3. The van der Waals surface area contributed by atoms with Crippen molar-refractivity contribution in [3.05, 3.63) is 139 Å². The Morgan fingerprint density at radius 1 is 0.476 bits per heavy atom. The first-order valence-corrected chi connectivity index (χ1v) is 13.7. The van der Waals surface area contributed by atoms with Gasteiger partial charge in [0.1, 0.15) is 17.7 Å². The van der Waals surface area contributed by atoms with Crippen LogP contribution in [-0.4, -0.2) is 14.1 Å². The number of nitriles is 2. The van der Waals surface area contributed by atoms with Gasteiger partial charge in [0.05, 0.1) is 27.8 Å². The van der Waals surface area contributed by atoms with Crippen LogP contribution in [-0.2, 0) is 0 Å². The van der Waals surface area contributed by atoms with E-state index in [0.717, 1.165) is 49.2 Å². The van der Waals surface area contributed by atoms with Crippen LogP contribution in [0, 0.1) is 22.7 Å². The van der Waals surface area contributed by atoms with Gasteiger partial charge in [-0.25, -0.2) is 4.98 Å². The van der Waals surface area contributed by atoms with E-state index in [0.29, 0.717) is 22.6 Å². The molecule has 8 rings (SSSR count). The van der Waals surface area contributed by atoms with Gasteiger partial charge in [-0.15, -0.1) is 0 Å². The molecule has 0 amide bonds. The monoisotopic (exact) mass is 535 g/mol. The van der Waals surface area contributed by atoms with Crippen LogP contribution in [0.15, 0.2) is 127 Å². The summed E-state index contributed by atoms with van der Waals surface area (Å²) < 4.78 is 4.11. The van der Waals surface area contributed by atoms with Gasteiger partial charge in [-0.1, -0.05) is 103 Å². The molecule has 3 heterocycles. The molecule has 0 saturated carbocycles. The number of fused-ring (bicyclic) bond motifs is 6. The average Bonchev–Trinajstić information content (AvgIpc) is 3.57. The quantitative estimate of drug-likeness (QED) is 0.227. The lowest BCUT2D eigenvalue weighted by Gasteiger charge is -2.20. The Bertz CT molecular complexity index is 2330. The first kappa shape index (κ1) is 23.7. The summed E-state index contributed by atoms with van der Waals surface area (Å²) in [5.41, 5.74) is 6.51. The van der Waals surface area contributed by atoms with E-state index in [1.54, 1.807) is 0 Å². The highest BCUT2D eigenvalue weighted by Crippen LogP contribution is 2.42. The van der Waals surface area contributed by atoms with Crippen LogP contribution in [0.4, 0.5) is 0 Å². The van der Waals surface area contributed by atoms with Crippen molar-refractivity contribution in [2.75, 3.05) is 0 Å². The van der Waals surface area contributed by atoms with Crippen molar-refractivity contribution in [2.45, 2.75) is 0 Å². The minimum absolute atomic E-state index is 0.247. The van der Waals surface area contributed by atoms with E-state index in [4.69, 9.17) is 4.98 Å². The van der Waals surface area contributed by atoms with E-state index in [-0.39, 0.29) is 5.69 Å². The van der Waals surface area contributed by atoms with Gasteiger partial charge in [0.2, 0.25) is 0 Å². The van der Waals surface area contributed by atoms with Crippen LogP contribution in [0.2, 0.25) is 0 Å². The summed E-state index contributed by atoms with van der Waals surface area (Å²) in [7, 11) is 0. The normalized spacial score (nSPS) is 11.3. The predicted molar refractivity (Wildman–Crippen MR) is 168 cm³/mol. The minimum Gasteiger partial charge on any atom is -0.306 e. The molecule has 0 saturated heterocycles. The summed E-state index contributed by atoms with van der Waals surface area (Å²) in [5, 5.41) is 25.9. The third kappa shape index (κ3) is 3.26. The smallest absolute Gasteiger partial charge is 0.167 e. The number of nitrogens with zero attached hydrogens (tertiary/aromatic N) is 5. The molecule has 42 heavy (non-hydrogen) atoms. The maximum Gasteiger partial charge on any atom is 0.167 e. The second-order valence-corrected chi connectivity index (χ2v) is 10.2. The molecular weight excluding hydrogens is 514 g/mol. The van der Waals surface area contributed by atoms with E-state index in [1.165, 1.54) is 0 Å². The Balaban J connectivity index is 1.60. The number of hydrogen-bond acceptors (Lipinski definition) is 3. The highest BCUT2D eigenvalue weighted by atomic mass is 15.1. The maximum absolute atomic E-state index is 10.9. The van der Waals surface area contributed by atoms with Gasteiger partial charge in [0.25, 0.3) is 0 Å². The average molecular weight is 536 g/mol. The molecule has 194 valence electrons. The molecule has 0 aliphatic rings. The first-order chi connectivity index (χ1) is 20.8. The van der Waals surface area contributed by atoms with E-state index >= 15 is 0 Å². The summed E-state index contributed by atoms with van der Waals surface area (Å²) in [6.07, 6.45) is 0. The van der Waals surface area contributed by atoms with E-state index in [1.807, 2.05) is 95.6 Å². The number of hydrogen-bond donors (Lipinski definition) is 0. The lowest BCUT2D eigenvalue weighted by molar-refractivity contribution is 1.03. The van der Waals surface area contributed by atoms with Gasteiger partial charge in [0, 0.05) is 27.1 Å². The molecule has 3 aromatic heterocycles. The molecule has 0 spiro atoms. The zero-order valence-corrected chi connectivity index (χ0v) is 22.4. The lowest BCUT2D eigenvalue weighted by Crippen LogP contribution is -2.10. The van der Waals surface area contributed by atoms with Gasteiger partial charge in [-0.2, -0.15) is 10.5 Å². The molecule has 0 atom stereocenters. The fourth-order valence-electron chi connectivity index (χ4n) is 6.33. The van der Waals surface area contributed by atoms with Crippen LogP contribution in [0.5, 0.6) is 0 Å². The Morgan fingerprint density at radius 3 is 1.36 bits per heavy atom. The fourth-order valence-corrected chi connectivity index (χ4v) is 6.33. The van der Waals surface area contributed by atoms with Crippen LogP contribution >= 0.6 is 0 Å². The second-order valence-electron chi connectivity index (χ2n) is 10.2. The number of pyridine rings is 1. The maximum atomic E-state index is 10.9. The molecular formula is C37H21N5. The third-order valence-corrected chi connectivity index (χ3v) is 8.03. The minimum atomic E-state index is 0.247. The SMILES string of the molecule is N#Cc1nc(-n2c3ccccc3c3ccccc32)c(C#N)c(-c2ccccc2)c1-n1c2ccccc2c2ccccc21. The summed E-state index contributed by atoms with van der Waals surface area (Å²) >= 11 is 0. The molecule has 5 heteroatoms. The van der Waals surface area contributed by atoms with Gasteiger partial charge < -0.3 is 4.57 Å². The van der Waals surface area contributed by atoms with Crippen molar-refractivity contribution in [2.24, 2.45) is 0 Å². The first-order valence-electron chi connectivity index (χ1n) is 13.7. The van der Waals surface area contributed by atoms with Gasteiger partial charge in [0.15, 0.2) is 11.5 Å². The van der Waals surface area contributed by atoms with Gasteiger partial charge in [-0.3, -0.25) is 4.57 Å². The summed E-state index contributed by atoms with van der Waals surface area (Å²) in [5.74, 6) is 0.440. The Hall–Kier alpha value is -6.17. The van der Waals surface area contributed by atoms with Crippen LogP contribution in [0.3, 0.4) is 0 Å². The van der Waals surface area contributed by atoms with E-state index < -0.39 is 0 Å². The summed E-state index contributed by atoms with van der Waals surface area (Å²) in [6, 6.07) is 47.3. The van der Waals surface area contributed by atoms with Crippen molar-refractivity contribution < 1.29 is 0 Å². The molecule has 0 bridgehead atoms. The molecule has 0 N–H and O–H groups in total. The third-order valence-electron chi connectivity index (χ3n) is 8.03. The molecule has 5 aromatic carbocycles. The van der Waals surface area contributed by atoms with Crippen LogP contribution < -0.4 is 0 Å². The van der Waals surface area contributed by atoms with E-state index in [9.17, 15) is 10.5 Å². The van der Waals surface area contributed by atoms with Crippen molar-refractivity contribution >= 4 is 43.6 Å². The highest BCUT2D eigenvalue weighted by molar-refractivity contribution is 6.11. The molecule has 0 fully saturated rings. The second kappa shape index (κ2) is 9.20. The predicted octanol–water partition coefficient (Wildman–Crippen LogP) is 8.69. The number of aromatic nitrogens is 3. The fraction of sp³-hybridized carbons (Fsp3) is 0. The highest BCUT2D eigenvalue weighted by Gasteiger charge is 2.27.